The molecule has 0 saturated carbocycles. The fraction of sp³-hybridized carbons (Fsp3) is 0.0667. The molecule has 0 spiro atoms. The van der Waals surface area contributed by atoms with E-state index in [1.807, 2.05) is 0 Å². The molecule has 6 heteroatoms. The molecule has 0 radical (unpaired) electrons. The summed E-state index contributed by atoms with van der Waals surface area (Å²) in [4.78, 5) is 4.08. The third-order valence-electron chi connectivity index (χ3n) is 3.09. The van der Waals surface area contributed by atoms with Gasteiger partial charge in [0.15, 0.2) is 0 Å². The minimum Gasteiger partial charge on any atom is -0.507 e. The fourth-order valence-electron chi connectivity index (χ4n) is 1.92. The highest BCUT2D eigenvalue weighted by molar-refractivity contribution is 5.71. The minimum absolute atomic E-state index is 0.0402. The molecule has 0 aliphatic heterocycles. The first-order chi connectivity index (χ1) is 10.1. The summed E-state index contributed by atoms with van der Waals surface area (Å²) in [5.74, 6) is -0.599. The van der Waals surface area contributed by atoms with E-state index in [-0.39, 0.29) is 34.6 Å². The highest BCUT2D eigenvalue weighted by atomic mass is 19.1. The van der Waals surface area contributed by atoms with Crippen LogP contribution in [-0.2, 0) is 0 Å². The molecule has 0 fully saturated rings. The Kier molecular flexibility index (Phi) is 3.06. The quantitative estimate of drug-likeness (QED) is 0.756. The summed E-state index contributed by atoms with van der Waals surface area (Å²) in [7, 11) is 0. The van der Waals surface area contributed by atoms with Gasteiger partial charge >= 0.3 is 0 Å². The second kappa shape index (κ2) is 4.90. The predicted octanol–water partition coefficient (Wildman–Crippen LogP) is 3.26. The summed E-state index contributed by atoms with van der Waals surface area (Å²) in [6, 6.07) is 8.85. The van der Waals surface area contributed by atoms with E-state index in [0.717, 1.165) is 0 Å². The maximum Gasteiger partial charge on any atom is 0.265 e. The Balaban J connectivity index is 2.06. The third kappa shape index (κ3) is 2.31. The zero-order chi connectivity index (χ0) is 15.0. The Morgan fingerprint density at radius 3 is 2.48 bits per heavy atom. The van der Waals surface area contributed by atoms with E-state index in [0.29, 0.717) is 11.1 Å². The summed E-state index contributed by atoms with van der Waals surface area (Å²) in [6.45, 7) is 1.65. The van der Waals surface area contributed by atoms with Crippen LogP contribution in [0.5, 0.6) is 11.5 Å². The van der Waals surface area contributed by atoms with Crippen LogP contribution < -0.4 is 0 Å². The normalized spacial score (nSPS) is 10.8. The van der Waals surface area contributed by atoms with Crippen LogP contribution in [0.25, 0.3) is 22.8 Å². The van der Waals surface area contributed by atoms with Crippen molar-refractivity contribution in [2.24, 2.45) is 0 Å². The van der Waals surface area contributed by atoms with Crippen LogP contribution in [-0.4, -0.2) is 20.4 Å². The average molecular weight is 286 g/mol. The van der Waals surface area contributed by atoms with Gasteiger partial charge < -0.3 is 14.7 Å². The standard InChI is InChI=1S/C15H11FN2O3/c1-8-5-6-9(7-10(8)16)14-17-15(21-18-14)13-11(19)3-2-4-12(13)20/h2-7,19-20H,1H3. The van der Waals surface area contributed by atoms with Crippen LogP contribution >= 0.6 is 0 Å². The molecule has 0 saturated heterocycles. The van der Waals surface area contributed by atoms with Gasteiger partial charge in [0.1, 0.15) is 22.9 Å². The number of aryl methyl sites for hydroxylation is 1. The molecule has 2 aromatic carbocycles. The van der Waals surface area contributed by atoms with E-state index in [1.165, 1.54) is 24.3 Å². The molecule has 0 amide bonds. The molecule has 1 aromatic heterocycles. The summed E-state index contributed by atoms with van der Waals surface area (Å²) in [6.07, 6.45) is 0. The molecule has 0 aliphatic rings. The molecule has 5 nitrogen and oxygen atoms in total. The van der Waals surface area contributed by atoms with E-state index in [1.54, 1.807) is 19.1 Å². The molecule has 0 atom stereocenters. The number of hydrogen-bond acceptors (Lipinski definition) is 5. The average Bonchev–Trinajstić information content (AvgIpc) is 2.91. The monoisotopic (exact) mass is 286 g/mol. The van der Waals surface area contributed by atoms with E-state index in [9.17, 15) is 14.6 Å². The molecule has 3 aromatic rings. The second-order valence-corrected chi connectivity index (χ2v) is 4.56. The summed E-state index contributed by atoms with van der Waals surface area (Å²) < 4.78 is 18.6. The van der Waals surface area contributed by atoms with Gasteiger partial charge in [0.25, 0.3) is 5.89 Å². The number of nitrogens with zero attached hydrogens (tertiary/aromatic N) is 2. The lowest BCUT2D eigenvalue weighted by atomic mass is 10.1. The maximum absolute atomic E-state index is 13.6. The molecule has 1 heterocycles. The molecule has 0 aliphatic carbocycles. The van der Waals surface area contributed by atoms with Crippen LogP contribution in [0.15, 0.2) is 40.9 Å². The third-order valence-corrected chi connectivity index (χ3v) is 3.09. The van der Waals surface area contributed by atoms with E-state index in [2.05, 4.69) is 10.1 Å². The Morgan fingerprint density at radius 1 is 1.10 bits per heavy atom. The topological polar surface area (TPSA) is 79.4 Å². The van der Waals surface area contributed by atoms with Gasteiger partial charge in [-0.2, -0.15) is 4.98 Å². The van der Waals surface area contributed by atoms with Gasteiger partial charge in [-0.1, -0.05) is 23.4 Å². The molecule has 106 valence electrons. The first kappa shape index (κ1) is 13.1. The number of phenols is 2. The first-order valence-electron chi connectivity index (χ1n) is 6.18. The van der Waals surface area contributed by atoms with Crippen molar-refractivity contribution in [2.45, 2.75) is 6.92 Å². The van der Waals surface area contributed by atoms with Crippen molar-refractivity contribution in [1.82, 2.24) is 10.1 Å². The van der Waals surface area contributed by atoms with Crippen molar-refractivity contribution in [1.29, 1.82) is 0 Å². The SMILES string of the molecule is Cc1ccc(-c2noc(-c3c(O)cccc3O)n2)cc1F. The van der Waals surface area contributed by atoms with Crippen molar-refractivity contribution >= 4 is 0 Å². The first-order valence-corrected chi connectivity index (χ1v) is 6.18. The molecule has 0 bridgehead atoms. The zero-order valence-electron chi connectivity index (χ0n) is 11.0. The zero-order valence-corrected chi connectivity index (χ0v) is 11.0. The largest absolute Gasteiger partial charge is 0.507 e. The van der Waals surface area contributed by atoms with Gasteiger partial charge in [-0.3, -0.25) is 0 Å². The van der Waals surface area contributed by atoms with Crippen molar-refractivity contribution in [3.8, 4) is 34.3 Å². The van der Waals surface area contributed by atoms with E-state index < -0.39 is 0 Å². The highest BCUT2D eigenvalue weighted by Crippen LogP contribution is 2.36. The second-order valence-electron chi connectivity index (χ2n) is 4.56. The minimum atomic E-state index is -0.371. The molecule has 21 heavy (non-hydrogen) atoms. The number of phenolic OH excluding ortho intramolecular Hbond substituents is 2. The summed E-state index contributed by atoms with van der Waals surface area (Å²) in [5, 5.41) is 23.3. The van der Waals surface area contributed by atoms with E-state index >= 15 is 0 Å². The van der Waals surface area contributed by atoms with Crippen LogP contribution in [0, 0.1) is 12.7 Å². The van der Waals surface area contributed by atoms with Gasteiger partial charge in [0, 0.05) is 5.56 Å². The number of aromatic nitrogens is 2. The van der Waals surface area contributed by atoms with Crippen LogP contribution in [0.2, 0.25) is 0 Å². The number of hydrogen-bond donors (Lipinski definition) is 2. The van der Waals surface area contributed by atoms with Crippen molar-refractivity contribution in [2.75, 3.05) is 0 Å². The Bertz CT molecular complexity index is 794. The summed E-state index contributed by atoms with van der Waals surface area (Å²) >= 11 is 0. The van der Waals surface area contributed by atoms with Crippen LogP contribution in [0.3, 0.4) is 0 Å². The lowest BCUT2D eigenvalue weighted by Gasteiger charge is -2.01. The Hall–Kier alpha value is -2.89. The van der Waals surface area contributed by atoms with Crippen LogP contribution in [0.1, 0.15) is 5.56 Å². The van der Waals surface area contributed by atoms with Crippen LogP contribution in [0.4, 0.5) is 4.39 Å². The van der Waals surface area contributed by atoms with Gasteiger partial charge in [-0.15, -0.1) is 0 Å². The molecular formula is C15H11FN2O3. The molecular weight excluding hydrogens is 275 g/mol. The maximum atomic E-state index is 13.6. The molecule has 2 N–H and O–H groups in total. The fourth-order valence-corrected chi connectivity index (χ4v) is 1.92. The smallest absolute Gasteiger partial charge is 0.265 e. The van der Waals surface area contributed by atoms with Crippen molar-refractivity contribution < 1.29 is 19.1 Å². The number of aromatic hydroxyl groups is 2. The molecule has 3 rings (SSSR count). The predicted molar refractivity (Wildman–Crippen MR) is 73.2 cm³/mol. The Morgan fingerprint density at radius 2 is 1.81 bits per heavy atom. The summed E-state index contributed by atoms with van der Waals surface area (Å²) in [5.41, 5.74) is 1.01. The number of rotatable bonds is 2. The molecule has 0 unspecified atom stereocenters. The Labute approximate surface area is 119 Å². The van der Waals surface area contributed by atoms with Gasteiger partial charge in [0.05, 0.1) is 0 Å². The highest BCUT2D eigenvalue weighted by Gasteiger charge is 2.18. The van der Waals surface area contributed by atoms with Gasteiger partial charge in [-0.05, 0) is 30.7 Å². The van der Waals surface area contributed by atoms with E-state index in [4.69, 9.17) is 4.52 Å². The van der Waals surface area contributed by atoms with Gasteiger partial charge in [0.2, 0.25) is 5.82 Å². The lowest BCUT2D eigenvalue weighted by molar-refractivity contribution is 0.416. The lowest BCUT2D eigenvalue weighted by Crippen LogP contribution is -1.86. The number of halogens is 1. The van der Waals surface area contributed by atoms with Crippen molar-refractivity contribution in [3.05, 3.63) is 47.8 Å². The number of benzene rings is 2. The van der Waals surface area contributed by atoms with Crippen molar-refractivity contribution in [3.63, 3.8) is 0 Å². The van der Waals surface area contributed by atoms with Gasteiger partial charge in [-0.25, -0.2) is 4.39 Å².